The molecule has 0 aliphatic rings. The lowest BCUT2D eigenvalue weighted by molar-refractivity contribution is -0.135. The summed E-state index contributed by atoms with van der Waals surface area (Å²) in [5.41, 5.74) is 3.88. The second kappa shape index (κ2) is 15.0. The smallest absolute Gasteiger partial charge is 0.226 e. The molecule has 2 atom stereocenters. The van der Waals surface area contributed by atoms with E-state index in [1.807, 2.05) is 34.6 Å². The van der Waals surface area contributed by atoms with Gasteiger partial charge in [0.2, 0.25) is 17.7 Å². The van der Waals surface area contributed by atoms with Crippen LogP contribution < -0.4 is 16.4 Å². The predicted octanol–water partition coefficient (Wildman–Crippen LogP) is 1.30. The van der Waals surface area contributed by atoms with Crippen LogP contribution in [0.1, 0.15) is 67.7 Å². The molecule has 0 saturated carbocycles. The summed E-state index contributed by atoms with van der Waals surface area (Å²) in [6.45, 7) is 13.9. The van der Waals surface area contributed by atoms with Crippen molar-refractivity contribution in [2.24, 2.45) is 17.6 Å². The highest BCUT2D eigenvalue weighted by Gasteiger charge is 2.32. The average Bonchev–Trinajstić information content (AvgIpc) is 2.66. The molecule has 0 aromatic heterocycles. The monoisotopic (exact) mass is 537 g/mol. The van der Waals surface area contributed by atoms with Gasteiger partial charge < -0.3 is 25.8 Å². The van der Waals surface area contributed by atoms with Crippen molar-refractivity contribution in [2.75, 3.05) is 36.9 Å². The summed E-state index contributed by atoms with van der Waals surface area (Å²) in [5, 5.41) is 5.51. The van der Waals surface area contributed by atoms with Crippen molar-refractivity contribution in [3.05, 3.63) is 0 Å². The van der Waals surface area contributed by atoms with Crippen molar-refractivity contribution >= 4 is 39.6 Å². The fourth-order valence-corrected chi connectivity index (χ4v) is 5.59. The molecule has 0 saturated heterocycles. The van der Waals surface area contributed by atoms with Gasteiger partial charge in [-0.05, 0) is 61.3 Å². The first-order chi connectivity index (χ1) is 15.9. The minimum absolute atomic E-state index is 0.0284. The molecule has 4 N–H and O–H groups in total. The number of nitrogens with one attached hydrogen (secondary N) is 2. The fraction of sp³-hybridized carbons (Fsp3) is 0.870. The number of rotatable bonds is 16. The molecule has 0 aromatic rings. The highest BCUT2D eigenvalue weighted by atomic mass is 32.2. The van der Waals surface area contributed by atoms with Crippen LogP contribution in [0.3, 0.4) is 0 Å². The maximum atomic E-state index is 13.2. The van der Waals surface area contributed by atoms with E-state index in [4.69, 9.17) is 5.73 Å². The molecule has 35 heavy (non-hydrogen) atoms. The van der Waals surface area contributed by atoms with Crippen LogP contribution in [0.5, 0.6) is 0 Å². The van der Waals surface area contributed by atoms with Crippen LogP contribution in [-0.2, 0) is 24.5 Å². The summed E-state index contributed by atoms with van der Waals surface area (Å²) < 4.78 is 33.3. The van der Waals surface area contributed by atoms with E-state index in [1.54, 1.807) is 16.7 Å². The lowest BCUT2D eigenvalue weighted by Crippen LogP contribution is -2.49. The molecule has 0 aliphatic carbocycles. The van der Waals surface area contributed by atoms with Crippen molar-refractivity contribution in [2.45, 2.75) is 78.8 Å². The van der Waals surface area contributed by atoms with Gasteiger partial charge in [0.15, 0.2) is 0 Å². The molecule has 0 spiro atoms. The Kier molecular flexibility index (Phi) is 14.4. The lowest BCUT2D eigenvalue weighted by atomic mass is 9.89. The van der Waals surface area contributed by atoms with E-state index in [1.165, 1.54) is 13.8 Å². The average molecular weight is 538 g/mol. The number of hydrogen-bond donors (Lipinski definition) is 3. The third-order valence-electron chi connectivity index (χ3n) is 5.18. The first kappa shape index (κ1) is 33.6. The minimum Gasteiger partial charge on any atom is -0.748 e. The van der Waals surface area contributed by atoms with Crippen LogP contribution in [-0.4, -0.2) is 83.6 Å². The Morgan fingerprint density at radius 1 is 1.03 bits per heavy atom. The Labute approximate surface area is 215 Å². The molecule has 12 heteroatoms. The third kappa shape index (κ3) is 15.4. The number of nitrogens with two attached hydrogens (primary N) is 1. The van der Waals surface area contributed by atoms with E-state index < -0.39 is 44.7 Å². The molecule has 0 fully saturated rings. The van der Waals surface area contributed by atoms with Crippen molar-refractivity contribution in [3.8, 4) is 0 Å². The van der Waals surface area contributed by atoms with Crippen LogP contribution in [0, 0.1) is 11.8 Å². The van der Waals surface area contributed by atoms with Crippen LogP contribution in [0.4, 0.5) is 0 Å². The largest absolute Gasteiger partial charge is 0.748 e. The van der Waals surface area contributed by atoms with Gasteiger partial charge >= 0.3 is 0 Å². The van der Waals surface area contributed by atoms with Crippen molar-refractivity contribution in [3.63, 3.8) is 0 Å². The number of thioether (sulfide) groups is 1. The number of nitrogens with zero attached hydrogens (tertiary/aromatic N) is 1. The molecule has 0 aliphatic heterocycles. The maximum Gasteiger partial charge on any atom is 0.226 e. The summed E-state index contributed by atoms with van der Waals surface area (Å²) in [6.07, 6.45) is 0.407. The predicted molar refractivity (Wildman–Crippen MR) is 140 cm³/mol. The van der Waals surface area contributed by atoms with E-state index in [0.29, 0.717) is 31.1 Å². The number of carbonyl (C=O) groups excluding carboxylic acids is 3. The summed E-state index contributed by atoms with van der Waals surface area (Å²) in [7, 11) is -4.52. The standard InChI is InChI=1S/C23H46N4O6S2/c1-8-27(9-2)21(30)18(15-34-13-12-24)14-17(20(29)26-22(3,4)5)10-11-19(28)25-23(6,7)16-35(31,32)33/h17-18H,8-16,24H2,1-7H3,(H,25,28)(H,26,29)(H,31,32,33)/p-1. The molecule has 0 bridgehead atoms. The van der Waals surface area contributed by atoms with Gasteiger partial charge in [0.25, 0.3) is 0 Å². The Morgan fingerprint density at radius 3 is 2.06 bits per heavy atom. The van der Waals surface area contributed by atoms with E-state index in [2.05, 4.69) is 10.6 Å². The number of amides is 3. The van der Waals surface area contributed by atoms with Gasteiger partial charge in [-0.3, -0.25) is 14.4 Å². The zero-order chi connectivity index (χ0) is 27.4. The molecule has 10 nitrogen and oxygen atoms in total. The third-order valence-corrected chi connectivity index (χ3v) is 7.42. The molecule has 0 heterocycles. The second-order valence-corrected chi connectivity index (χ2v) is 13.0. The van der Waals surface area contributed by atoms with E-state index in [0.717, 1.165) is 0 Å². The van der Waals surface area contributed by atoms with Crippen molar-refractivity contribution in [1.82, 2.24) is 15.5 Å². The molecule has 0 aromatic carbocycles. The van der Waals surface area contributed by atoms with Crippen LogP contribution in [0.25, 0.3) is 0 Å². The zero-order valence-electron chi connectivity index (χ0n) is 22.3. The quantitative estimate of drug-likeness (QED) is 0.196. The Bertz CT molecular complexity index is 792. The lowest BCUT2D eigenvalue weighted by Gasteiger charge is -2.30. The van der Waals surface area contributed by atoms with Gasteiger partial charge in [-0.2, -0.15) is 11.8 Å². The van der Waals surface area contributed by atoms with E-state index >= 15 is 0 Å². The summed E-state index contributed by atoms with van der Waals surface area (Å²) in [4.78, 5) is 40.6. The van der Waals surface area contributed by atoms with E-state index in [-0.39, 0.29) is 31.1 Å². The second-order valence-electron chi connectivity index (χ2n) is 10.4. The molecule has 0 rings (SSSR count). The van der Waals surface area contributed by atoms with Crippen molar-refractivity contribution < 1.29 is 27.4 Å². The van der Waals surface area contributed by atoms with Crippen LogP contribution in [0.2, 0.25) is 0 Å². The molecule has 0 radical (unpaired) electrons. The zero-order valence-corrected chi connectivity index (χ0v) is 23.9. The first-order valence-corrected chi connectivity index (χ1v) is 14.8. The first-order valence-electron chi connectivity index (χ1n) is 12.1. The van der Waals surface area contributed by atoms with Gasteiger partial charge in [-0.25, -0.2) is 8.42 Å². The summed E-state index contributed by atoms with van der Waals surface area (Å²) >= 11 is 1.56. The van der Waals surface area contributed by atoms with E-state index in [9.17, 15) is 27.4 Å². The van der Waals surface area contributed by atoms with Gasteiger partial charge in [-0.15, -0.1) is 0 Å². The Balaban J connectivity index is 5.63. The molecule has 2 unspecified atom stereocenters. The highest BCUT2D eigenvalue weighted by Crippen LogP contribution is 2.25. The van der Waals surface area contributed by atoms with Crippen LogP contribution >= 0.6 is 11.8 Å². The Hall–Kier alpha value is -1.37. The topological polar surface area (TPSA) is 162 Å². The fourth-order valence-electron chi connectivity index (χ4n) is 3.74. The SMILES string of the molecule is CCN(CC)C(=O)C(CSCCN)CC(CCC(=O)NC(C)(C)CS(=O)(=O)[O-])C(=O)NC(C)(C)C. The number of hydrogen-bond acceptors (Lipinski definition) is 8. The van der Waals surface area contributed by atoms with Gasteiger partial charge in [-0.1, -0.05) is 0 Å². The number of carbonyl (C=O) groups is 3. The van der Waals surface area contributed by atoms with Gasteiger partial charge in [0.05, 0.1) is 15.9 Å². The summed E-state index contributed by atoms with van der Waals surface area (Å²) in [6, 6.07) is 0. The highest BCUT2D eigenvalue weighted by molar-refractivity contribution is 7.99. The van der Waals surface area contributed by atoms with Crippen LogP contribution in [0.15, 0.2) is 0 Å². The maximum absolute atomic E-state index is 13.2. The van der Waals surface area contributed by atoms with Gasteiger partial charge in [0, 0.05) is 60.5 Å². The normalized spacial score (nSPS) is 14.2. The van der Waals surface area contributed by atoms with Crippen molar-refractivity contribution in [1.29, 1.82) is 0 Å². The molecule has 3 amide bonds. The Morgan fingerprint density at radius 2 is 1.60 bits per heavy atom. The molecular formula is C23H45N4O6S2-. The summed E-state index contributed by atoms with van der Waals surface area (Å²) in [5.74, 6) is -1.27. The van der Waals surface area contributed by atoms with Gasteiger partial charge in [0.1, 0.15) is 0 Å². The minimum atomic E-state index is -4.52. The molecular weight excluding hydrogens is 492 g/mol. The molecule has 206 valence electrons.